The second-order valence-electron chi connectivity index (χ2n) is 3.24. The van der Waals surface area contributed by atoms with Crippen molar-refractivity contribution >= 4 is 5.78 Å². The largest absolute Gasteiger partial charge is 0.431 e. The molecule has 18 heavy (non-hydrogen) atoms. The predicted octanol–water partition coefficient (Wildman–Crippen LogP) is 3.65. The van der Waals surface area contributed by atoms with Crippen molar-refractivity contribution in [1.29, 1.82) is 0 Å². The van der Waals surface area contributed by atoms with Gasteiger partial charge in [0.15, 0.2) is 17.3 Å². The van der Waals surface area contributed by atoms with E-state index in [-0.39, 0.29) is 0 Å². The molecule has 0 saturated carbocycles. The zero-order chi connectivity index (χ0) is 14.1. The maximum atomic E-state index is 13.4. The molecule has 0 atom stereocenters. The number of hydrogen-bond donors (Lipinski definition) is 0. The van der Waals surface area contributed by atoms with Crippen LogP contribution in [0.4, 0.5) is 26.3 Å². The number of Topliss-reactive ketones (excluding diaryl/α,β-unsaturated/α-hetero) is 1. The van der Waals surface area contributed by atoms with Gasteiger partial charge in [-0.15, -0.1) is 0 Å². The fourth-order valence-corrected chi connectivity index (χ4v) is 1.26. The molecule has 0 radical (unpaired) electrons. The summed E-state index contributed by atoms with van der Waals surface area (Å²) in [7, 11) is 0. The number of halogens is 6. The van der Waals surface area contributed by atoms with Crippen LogP contribution in [-0.4, -0.2) is 12.4 Å². The molecular weight excluding hydrogens is 266 g/mol. The molecule has 0 aliphatic rings. The maximum absolute atomic E-state index is 13.4. The molecule has 2 nitrogen and oxygen atoms in total. The molecular formula is C10H6F6O2. The molecule has 0 aliphatic heterocycles. The molecule has 0 heterocycles. The van der Waals surface area contributed by atoms with Crippen LogP contribution in [0.15, 0.2) is 12.1 Å². The molecule has 8 heteroatoms. The normalized spacial score (nSPS) is 11.8. The summed E-state index contributed by atoms with van der Waals surface area (Å²) in [6.45, 7) is -2.65. The predicted molar refractivity (Wildman–Crippen MR) is 48.0 cm³/mol. The third kappa shape index (κ3) is 2.93. The van der Waals surface area contributed by atoms with Crippen molar-refractivity contribution in [2.45, 2.75) is 19.7 Å². The van der Waals surface area contributed by atoms with Gasteiger partial charge in [-0.2, -0.15) is 22.0 Å². The van der Waals surface area contributed by atoms with Crippen LogP contribution in [0.3, 0.4) is 0 Å². The molecule has 100 valence electrons. The highest BCUT2D eigenvalue weighted by molar-refractivity contribution is 5.97. The number of ketones is 1. The summed E-state index contributed by atoms with van der Waals surface area (Å²) in [5.41, 5.74) is -2.45. The summed E-state index contributed by atoms with van der Waals surface area (Å²) in [6, 6.07) is 0.885. The van der Waals surface area contributed by atoms with Gasteiger partial charge in [0.05, 0.1) is 11.1 Å². The number of ether oxygens (including phenoxy) is 1. The molecule has 1 aromatic carbocycles. The van der Waals surface area contributed by atoms with Crippen LogP contribution >= 0.6 is 0 Å². The lowest BCUT2D eigenvalue weighted by Gasteiger charge is -2.14. The van der Waals surface area contributed by atoms with Crippen LogP contribution in [0.25, 0.3) is 0 Å². The van der Waals surface area contributed by atoms with E-state index in [1.165, 1.54) is 0 Å². The highest BCUT2D eigenvalue weighted by atomic mass is 19.4. The quantitative estimate of drug-likeness (QED) is 0.620. The van der Waals surface area contributed by atoms with Crippen LogP contribution in [0, 0.1) is 5.82 Å². The SMILES string of the molecule is CC(=O)c1ccc(C(F)(F)F)c(F)c1OC(F)F. The number of hydrogen-bond acceptors (Lipinski definition) is 2. The fourth-order valence-electron chi connectivity index (χ4n) is 1.26. The van der Waals surface area contributed by atoms with Gasteiger partial charge in [0.1, 0.15) is 0 Å². The van der Waals surface area contributed by atoms with Crippen LogP contribution in [0.5, 0.6) is 5.75 Å². The summed E-state index contributed by atoms with van der Waals surface area (Å²) in [5, 5.41) is 0. The summed E-state index contributed by atoms with van der Waals surface area (Å²) in [6.07, 6.45) is -5.07. The zero-order valence-corrected chi connectivity index (χ0v) is 8.82. The summed E-state index contributed by atoms with van der Waals surface area (Å²) < 4.78 is 78.0. The van der Waals surface area contributed by atoms with E-state index in [1.807, 2.05) is 0 Å². The Morgan fingerprint density at radius 3 is 2.22 bits per heavy atom. The molecule has 0 fully saturated rings. The number of carbonyl (C=O) groups excluding carboxylic acids is 1. The van der Waals surface area contributed by atoms with Gasteiger partial charge >= 0.3 is 12.8 Å². The first-order chi connectivity index (χ1) is 8.14. The van der Waals surface area contributed by atoms with E-state index in [0.717, 1.165) is 6.92 Å². The number of benzene rings is 1. The first-order valence-electron chi connectivity index (χ1n) is 4.50. The highest BCUT2D eigenvalue weighted by Gasteiger charge is 2.37. The molecule has 1 aromatic rings. The van der Waals surface area contributed by atoms with Crippen molar-refractivity contribution in [3.05, 3.63) is 29.1 Å². The minimum atomic E-state index is -5.07. The molecule has 0 aromatic heterocycles. The van der Waals surface area contributed by atoms with E-state index in [1.54, 1.807) is 0 Å². The van der Waals surface area contributed by atoms with Gasteiger partial charge in [0.25, 0.3) is 0 Å². The number of rotatable bonds is 3. The molecule has 0 unspecified atom stereocenters. The molecule has 0 amide bonds. The van der Waals surface area contributed by atoms with Crippen molar-refractivity contribution in [3.63, 3.8) is 0 Å². The molecule has 0 spiro atoms. The Hall–Kier alpha value is -1.73. The molecule has 0 N–H and O–H groups in total. The van der Waals surface area contributed by atoms with Gasteiger partial charge in [-0.3, -0.25) is 4.79 Å². The van der Waals surface area contributed by atoms with Crippen LogP contribution in [0.1, 0.15) is 22.8 Å². The first kappa shape index (κ1) is 14.3. The topological polar surface area (TPSA) is 26.3 Å². The van der Waals surface area contributed by atoms with E-state index in [2.05, 4.69) is 4.74 Å². The van der Waals surface area contributed by atoms with Crippen molar-refractivity contribution in [2.24, 2.45) is 0 Å². The molecule has 0 bridgehead atoms. The van der Waals surface area contributed by atoms with Gasteiger partial charge in [0, 0.05) is 0 Å². The standard InChI is InChI=1S/C10H6F6O2/c1-4(17)5-2-3-6(10(14,15)16)7(11)8(5)18-9(12)13/h2-3,9H,1H3. The van der Waals surface area contributed by atoms with E-state index in [9.17, 15) is 31.1 Å². The summed E-state index contributed by atoms with van der Waals surface area (Å²) in [5.74, 6) is -4.32. The minimum absolute atomic E-state index is 0.296. The lowest BCUT2D eigenvalue weighted by atomic mass is 10.1. The van der Waals surface area contributed by atoms with Gasteiger partial charge < -0.3 is 4.74 Å². The minimum Gasteiger partial charge on any atom is -0.431 e. The number of carbonyl (C=O) groups is 1. The Bertz CT molecular complexity index is 466. The molecule has 0 aliphatic carbocycles. The van der Waals surface area contributed by atoms with E-state index >= 15 is 0 Å². The van der Waals surface area contributed by atoms with Gasteiger partial charge in [-0.05, 0) is 19.1 Å². The van der Waals surface area contributed by atoms with Gasteiger partial charge in [0.2, 0.25) is 0 Å². The third-order valence-corrected chi connectivity index (χ3v) is 1.99. The van der Waals surface area contributed by atoms with Crippen molar-refractivity contribution in [3.8, 4) is 5.75 Å². The van der Waals surface area contributed by atoms with Crippen molar-refractivity contribution in [1.82, 2.24) is 0 Å². The van der Waals surface area contributed by atoms with Gasteiger partial charge in [-0.25, -0.2) is 4.39 Å². The van der Waals surface area contributed by atoms with Gasteiger partial charge in [-0.1, -0.05) is 0 Å². The van der Waals surface area contributed by atoms with Crippen LogP contribution in [0.2, 0.25) is 0 Å². The average molecular weight is 272 g/mol. The van der Waals surface area contributed by atoms with E-state index in [4.69, 9.17) is 0 Å². The second kappa shape index (κ2) is 4.87. The summed E-state index contributed by atoms with van der Waals surface area (Å²) >= 11 is 0. The lowest BCUT2D eigenvalue weighted by Crippen LogP contribution is -2.14. The Morgan fingerprint density at radius 2 is 1.83 bits per heavy atom. The Balaban J connectivity index is 3.45. The lowest BCUT2D eigenvalue weighted by molar-refractivity contribution is -0.140. The van der Waals surface area contributed by atoms with E-state index < -0.39 is 41.3 Å². The smallest absolute Gasteiger partial charge is 0.419 e. The van der Waals surface area contributed by atoms with Crippen molar-refractivity contribution < 1.29 is 35.9 Å². The Morgan fingerprint density at radius 1 is 1.28 bits per heavy atom. The third-order valence-electron chi connectivity index (χ3n) is 1.99. The highest BCUT2D eigenvalue weighted by Crippen LogP contribution is 2.37. The van der Waals surface area contributed by atoms with Crippen molar-refractivity contribution in [2.75, 3.05) is 0 Å². The fraction of sp³-hybridized carbons (Fsp3) is 0.300. The maximum Gasteiger partial charge on any atom is 0.419 e. The van der Waals surface area contributed by atoms with Crippen LogP contribution < -0.4 is 4.74 Å². The zero-order valence-electron chi connectivity index (χ0n) is 8.82. The molecule has 1 rings (SSSR count). The summed E-state index contributed by atoms with van der Waals surface area (Å²) in [4.78, 5) is 11.0. The van der Waals surface area contributed by atoms with Crippen LogP contribution in [-0.2, 0) is 6.18 Å². The molecule has 0 saturated heterocycles. The first-order valence-corrected chi connectivity index (χ1v) is 4.50. The Labute approximate surface area is 97.2 Å². The Kier molecular flexibility index (Phi) is 3.88. The van der Waals surface area contributed by atoms with E-state index in [0.29, 0.717) is 12.1 Å². The monoisotopic (exact) mass is 272 g/mol. The number of alkyl halides is 5. The second-order valence-corrected chi connectivity index (χ2v) is 3.24. The average Bonchev–Trinajstić information content (AvgIpc) is 2.17.